The van der Waals surface area contributed by atoms with Gasteiger partial charge in [0.25, 0.3) is 0 Å². The van der Waals surface area contributed by atoms with Gasteiger partial charge in [-0.1, -0.05) is 53.6 Å². The Balaban J connectivity index is 1.65. The van der Waals surface area contributed by atoms with Gasteiger partial charge >= 0.3 is 0 Å². The van der Waals surface area contributed by atoms with E-state index in [1.54, 1.807) is 0 Å². The summed E-state index contributed by atoms with van der Waals surface area (Å²) in [5, 5.41) is 11.4. The van der Waals surface area contributed by atoms with E-state index in [-0.39, 0.29) is 0 Å². The Labute approximate surface area is 135 Å². The molecule has 1 heterocycles. The highest BCUT2D eigenvalue weighted by atomic mass is 35.5. The predicted molar refractivity (Wildman–Crippen MR) is 90.8 cm³/mol. The largest absolute Gasteiger partial charge is 0.308 e. The molecule has 0 aliphatic heterocycles. The number of hydrogen-bond donors (Lipinski definition) is 2. The maximum atomic E-state index is 5.94. The van der Waals surface area contributed by atoms with Crippen LogP contribution < -0.4 is 5.32 Å². The Morgan fingerprint density at radius 1 is 1.00 bits per heavy atom. The molecule has 2 aromatic carbocycles. The third-order valence-corrected chi connectivity index (χ3v) is 3.87. The maximum Gasteiger partial charge on any atom is 0.0695 e. The molecule has 112 valence electrons. The number of hydrogen-bond acceptors (Lipinski definition) is 2. The number of aromatic nitrogens is 2. The molecular weight excluding hydrogens is 294 g/mol. The lowest BCUT2D eigenvalue weighted by Gasteiger charge is -2.06. The van der Waals surface area contributed by atoms with Gasteiger partial charge in [0.2, 0.25) is 0 Å². The number of rotatable bonds is 5. The summed E-state index contributed by atoms with van der Waals surface area (Å²) >= 11 is 5.94. The van der Waals surface area contributed by atoms with E-state index in [1.807, 2.05) is 30.5 Å². The second-order valence-corrected chi connectivity index (χ2v) is 5.80. The molecule has 4 heteroatoms. The van der Waals surface area contributed by atoms with Crippen LogP contribution in [0.15, 0.2) is 54.7 Å². The van der Waals surface area contributed by atoms with Gasteiger partial charge in [-0.15, -0.1) is 0 Å². The summed E-state index contributed by atoms with van der Waals surface area (Å²) in [5.41, 5.74) is 5.84. The fourth-order valence-electron chi connectivity index (χ4n) is 2.36. The highest BCUT2D eigenvalue weighted by Crippen LogP contribution is 2.22. The first-order valence-electron chi connectivity index (χ1n) is 7.27. The number of benzene rings is 2. The number of nitrogens with zero attached hydrogens (tertiary/aromatic N) is 1. The molecule has 0 aliphatic carbocycles. The SMILES string of the molecule is Cc1ccc(CNCc2cn[nH]c2-c2ccc(Cl)cc2)cc1. The molecule has 0 aliphatic rings. The minimum Gasteiger partial charge on any atom is -0.308 e. The number of aryl methyl sites for hydroxylation is 1. The normalized spacial score (nSPS) is 10.8. The molecule has 3 nitrogen and oxygen atoms in total. The van der Waals surface area contributed by atoms with Crippen LogP contribution in [0.4, 0.5) is 0 Å². The van der Waals surface area contributed by atoms with Gasteiger partial charge in [0.05, 0.1) is 11.9 Å². The van der Waals surface area contributed by atoms with Gasteiger partial charge in [-0.05, 0) is 30.2 Å². The minimum absolute atomic E-state index is 0.738. The number of halogens is 1. The van der Waals surface area contributed by atoms with E-state index in [4.69, 9.17) is 11.6 Å². The summed E-state index contributed by atoms with van der Waals surface area (Å²) in [5.74, 6) is 0. The number of H-pyrrole nitrogens is 1. The highest BCUT2D eigenvalue weighted by Gasteiger charge is 2.07. The van der Waals surface area contributed by atoms with Gasteiger partial charge in [-0.2, -0.15) is 5.10 Å². The lowest BCUT2D eigenvalue weighted by atomic mass is 10.1. The van der Waals surface area contributed by atoms with E-state index in [0.29, 0.717) is 0 Å². The zero-order valence-electron chi connectivity index (χ0n) is 12.4. The van der Waals surface area contributed by atoms with Crippen molar-refractivity contribution < 1.29 is 0 Å². The molecule has 0 saturated carbocycles. The van der Waals surface area contributed by atoms with Gasteiger partial charge < -0.3 is 5.32 Å². The van der Waals surface area contributed by atoms with E-state index in [9.17, 15) is 0 Å². The minimum atomic E-state index is 0.738. The van der Waals surface area contributed by atoms with Crippen molar-refractivity contribution in [1.82, 2.24) is 15.5 Å². The van der Waals surface area contributed by atoms with E-state index >= 15 is 0 Å². The monoisotopic (exact) mass is 311 g/mol. The molecule has 0 spiro atoms. The van der Waals surface area contributed by atoms with Crippen LogP contribution in [0.3, 0.4) is 0 Å². The molecule has 3 rings (SSSR count). The summed E-state index contributed by atoms with van der Waals surface area (Å²) < 4.78 is 0. The topological polar surface area (TPSA) is 40.7 Å². The van der Waals surface area contributed by atoms with Gasteiger partial charge in [0.1, 0.15) is 0 Å². The molecule has 1 aromatic heterocycles. The molecule has 0 atom stereocenters. The van der Waals surface area contributed by atoms with Crippen LogP contribution in [0.2, 0.25) is 5.02 Å². The van der Waals surface area contributed by atoms with Crippen LogP contribution in [-0.4, -0.2) is 10.2 Å². The predicted octanol–water partition coefficient (Wildman–Crippen LogP) is 4.33. The van der Waals surface area contributed by atoms with E-state index < -0.39 is 0 Å². The molecule has 0 saturated heterocycles. The Morgan fingerprint density at radius 2 is 1.73 bits per heavy atom. The summed E-state index contributed by atoms with van der Waals surface area (Å²) in [6.07, 6.45) is 1.87. The van der Waals surface area contributed by atoms with Crippen molar-refractivity contribution in [3.8, 4) is 11.3 Å². The first-order chi connectivity index (χ1) is 10.7. The lowest BCUT2D eigenvalue weighted by molar-refractivity contribution is 0.694. The van der Waals surface area contributed by atoms with Crippen LogP contribution in [0.5, 0.6) is 0 Å². The highest BCUT2D eigenvalue weighted by molar-refractivity contribution is 6.30. The summed E-state index contributed by atoms with van der Waals surface area (Å²) in [6, 6.07) is 16.3. The fraction of sp³-hybridized carbons (Fsp3) is 0.167. The van der Waals surface area contributed by atoms with Crippen molar-refractivity contribution in [2.45, 2.75) is 20.0 Å². The van der Waals surface area contributed by atoms with Crippen molar-refractivity contribution >= 4 is 11.6 Å². The maximum absolute atomic E-state index is 5.94. The van der Waals surface area contributed by atoms with E-state index in [0.717, 1.165) is 34.9 Å². The van der Waals surface area contributed by atoms with Crippen molar-refractivity contribution in [1.29, 1.82) is 0 Å². The molecule has 0 fully saturated rings. The Morgan fingerprint density at radius 3 is 2.45 bits per heavy atom. The van der Waals surface area contributed by atoms with Crippen molar-refractivity contribution in [2.75, 3.05) is 0 Å². The third-order valence-electron chi connectivity index (χ3n) is 3.62. The third kappa shape index (κ3) is 3.56. The van der Waals surface area contributed by atoms with Gasteiger partial charge in [-0.25, -0.2) is 0 Å². The summed E-state index contributed by atoms with van der Waals surface area (Å²) in [4.78, 5) is 0. The van der Waals surface area contributed by atoms with Crippen LogP contribution in [0.25, 0.3) is 11.3 Å². The molecule has 2 N–H and O–H groups in total. The van der Waals surface area contributed by atoms with Crippen LogP contribution >= 0.6 is 11.6 Å². The zero-order chi connectivity index (χ0) is 15.4. The second-order valence-electron chi connectivity index (χ2n) is 5.37. The average molecular weight is 312 g/mol. The van der Waals surface area contributed by atoms with E-state index in [2.05, 4.69) is 46.7 Å². The smallest absolute Gasteiger partial charge is 0.0695 e. The van der Waals surface area contributed by atoms with Crippen molar-refractivity contribution in [3.05, 3.63) is 76.4 Å². The number of aromatic amines is 1. The molecule has 0 radical (unpaired) electrons. The molecule has 0 bridgehead atoms. The second kappa shape index (κ2) is 6.77. The van der Waals surface area contributed by atoms with Crippen molar-refractivity contribution in [2.24, 2.45) is 0 Å². The Kier molecular flexibility index (Phi) is 4.56. The summed E-state index contributed by atoms with van der Waals surface area (Å²) in [7, 11) is 0. The van der Waals surface area contributed by atoms with Crippen molar-refractivity contribution in [3.63, 3.8) is 0 Å². The lowest BCUT2D eigenvalue weighted by Crippen LogP contribution is -2.12. The van der Waals surface area contributed by atoms with Gasteiger partial charge in [-0.3, -0.25) is 5.10 Å². The Hall–Kier alpha value is -2.10. The fourth-order valence-corrected chi connectivity index (χ4v) is 2.49. The Bertz CT molecular complexity index is 730. The molecule has 3 aromatic rings. The first kappa shape index (κ1) is 14.8. The van der Waals surface area contributed by atoms with Crippen LogP contribution in [0, 0.1) is 6.92 Å². The molecule has 0 amide bonds. The quantitative estimate of drug-likeness (QED) is 0.736. The van der Waals surface area contributed by atoms with Gasteiger partial charge in [0.15, 0.2) is 0 Å². The molecule has 22 heavy (non-hydrogen) atoms. The number of nitrogens with one attached hydrogen (secondary N) is 2. The van der Waals surface area contributed by atoms with Crippen LogP contribution in [0.1, 0.15) is 16.7 Å². The molecule has 0 unspecified atom stereocenters. The standard InChI is InChI=1S/C18H18ClN3/c1-13-2-4-14(5-3-13)10-20-11-16-12-21-22-18(16)15-6-8-17(19)9-7-15/h2-9,12,20H,10-11H2,1H3,(H,21,22). The summed E-state index contributed by atoms with van der Waals surface area (Å²) in [6.45, 7) is 3.70. The average Bonchev–Trinajstić information content (AvgIpc) is 2.98. The first-order valence-corrected chi connectivity index (χ1v) is 7.64. The van der Waals surface area contributed by atoms with E-state index in [1.165, 1.54) is 11.1 Å². The van der Waals surface area contributed by atoms with Crippen LogP contribution in [-0.2, 0) is 13.1 Å². The zero-order valence-corrected chi connectivity index (χ0v) is 13.2. The molecular formula is C18H18ClN3. The van der Waals surface area contributed by atoms with Gasteiger partial charge in [0, 0.05) is 23.7 Å².